The van der Waals surface area contributed by atoms with E-state index in [1.54, 1.807) is 6.07 Å². The second-order valence-electron chi connectivity index (χ2n) is 5.23. The van der Waals surface area contributed by atoms with E-state index in [2.05, 4.69) is 0 Å². The Labute approximate surface area is 123 Å². The lowest BCUT2D eigenvalue weighted by atomic mass is 10.0. The van der Waals surface area contributed by atoms with Crippen LogP contribution >= 0.6 is 11.6 Å². The second kappa shape index (κ2) is 6.27. The van der Waals surface area contributed by atoms with Crippen molar-refractivity contribution in [2.24, 2.45) is 5.92 Å². The highest BCUT2D eigenvalue weighted by Crippen LogP contribution is 2.25. The summed E-state index contributed by atoms with van der Waals surface area (Å²) < 4.78 is 0. The molecule has 1 aliphatic heterocycles. The van der Waals surface area contributed by atoms with Crippen molar-refractivity contribution in [1.29, 1.82) is 0 Å². The standard InChI is InChI=1S/C15H18ClNO3/c1-10-8-9-17(14(10)15(19)20)13(18)7-6-11-4-2-3-5-12(11)16/h2-5,10,14H,6-9H2,1H3,(H,19,20). The first-order chi connectivity index (χ1) is 9.50. The summed E-state index contributed by atoms with van der Waals surface area (Å²) in [5, 5.41) is 9.86. The molecule has 1 saturated heterocycles. The lowest BCUT2D eigenvalue weighted by Gasteiger charge is -2.23. The zero-order valence-electron chi connectivity index (χ0n) is 11.4. The quantitative estimate of drug-likeness (QED) is 0.929. The molecule has 1 aromatic rings. The molecule has 2 atom stereocenters. The van der Waals surface area contributed by atoms with Crippen LogP contribution in [0.25, 0.3) is 0 Å². The molecule has 1 amide bonds. The lowest BCUT2D eigenvalue weighted by molar-refractivity contribution is -0.149. The van der Waals surface area contributed by atoms with Crippen LogP contribution in [-0.4, -0.2) is 34.5 Å². The smallest absolute Gasteiger partial charge is 0.326 e. The van der Waals surface area contributed by atoms with Gasteiger partial charge in [-0.05, 0) is 30.4 Å². The number of amides is 1. The van der Waals surface area contributed by atoms with Crippen molar-refractivity contribution < 1.29 is 14.7 Å². The summed E-state index contributed by atoms with van der Waals surface area (Å²) in [6, 6.07) is 6.71. The maximum absolute atomic E-state index is 12.2. The number of carbonyl (C=O) groups is 2. The van der Waals surface area contributed by atoms with Gasteiger partial charge in [0.2, 0.25) is 5.91 Å². The first kappa shape index (κ1) is 14.9. The normalized spacial score (nSPS) is 22.0. The molecule has 0 aromatic heterocycles. The van der Waals surface area contributed by atoms with Crippen LogP contribution in [-0.2, 0) is 16.0 Å². The van der Waals surface area contributed by atoms with E-state index in [9.17, 15) is 14.7 Å². The number of likely N-dealkylation sites (tertiary alicyclic amines) is 1. The van der Waals surface area contributed by atoms with Crippen LogP contribution in [0, 0.1) is 5.92 Å². The molecular weight excluding hydrogens is 278 g/mol. The number of aryl methyl sites for hydroxylation is 1. The molecule has 0 aliphatic carbocycles. The Hall–Kier alpha value is -1.55. The molecule has 0 saturated carbocycles. The molecule has 5 heteroatoms. The number of carbonyl (C=O) groups excluding carboxylic acids is 1. The average molecular weight is 296 g/mol. The van der Waals surface area contributed by atoms with Gasteiger partial charge in [-0.3, -0.25) is 4.79 Å². The Morgan fingerprint density at radius 2 is 2.10 bits per heavy atom. The number of carboxylic acids is 1. The number of hydrogen-bond acceptors (Lipinski definition) is 2. The number of hydrogen-bond donors (Lipinski definition) is 1. The summed E-state index contributed by atoms with van der Waals surface area (Å²) in [5.41, 5.74) is 0.918. The summed E-state index contributed by atoms with van der Waals surface area (Å²) in [7, 11) is 0. The number of halogens is 1. The minimum Gasteiger partial charge on any atom is -0.480 e. The third kappa shape index (κ3) is 3.12. The third-order valence-corrected chi connectivity index (χ3v) is 4.21. The van der Waals surface area contributed by atoms with Crippen LogP contribution in [0.15, 0.2) is 24.3 Å². The molecule has 2 rings (SSSR count). The lowest BCUT2D eigenvalue weighted by Crippen LogP contribution is -2.42. The van der Waals surface area contributed by atoms with Gasteiger partial charge in [0.25, 0.3) is 0 Å². The first-order valence-electron chi connectivity index (χ1n) is 6.76. The van der Waals surface area contributed by atoms with Gasteiger partial charge >= 0.3 is 5.97 Å². The van der Waals surface area contributed by atoms with Crippen LogP contribution in [0.4, 0.5) is 0 Å². The fraction of sp³-hybridized carbons (Fsp3) is 0.467. The van der Waals surface area contributed by atoms with Crippen molar-refractivity contribution in [3.05, 3.63) is 34.9 Å². The summed E-state index contributed by atoms with van der Waals surface area (Å²) in [4.78, 5) is 24.9. The minimum absolute atomic E-state index is 0.0109. The zero-order valence-corrected chi connectivity index (χ0v) is 12.1. The van der Waals surface area contributed by atoms with E-state index in [-0.39, 0.29) is 11.8 Å². The molecule has 1 aromatic carbocycles. The third-order valence-electron chi connectivity index (χ3n) is 3.84. The predicted molar refractivity (Wildman–Crippen MR) is 76.7 cm³/mol. The van der Waals surface area contributed by atoms with Gasteiger partial charge in [-0.1, -0.05) is 36.7 Å². The van der Waals surface area contributed by atoms with Gasteiger partial charge in [0.05, 0.1) is 0 Å². The maximum atomic E-state index is 12.2. The van der Waals surface area contributed by atoms with Crippen LogP contribution in [0.5, 0.6) is 0 Å². The fourth-order valence-corrected chi connectivity index (χ4v) is 2.92. The van der Waals surface area contributed by atoms with E-state index in [1.807, 2.05) is 25.1 Å². The van der Waals surface area contributed by atoms with Gasteiger partial charge in [-0.15, -0.1) is 0 Å². The predicted octanol–water partition coefficient (Wildman–Crippen LogP) is 2.59. The van der Waals surface area contributed by atoms with E-state index in [1.165, 1.54) is 4.90 Å². The fourth-order valence-electron chi connectivity index (χ4n) is 2.69. The van der Waals surface area contributed by atoms with Crippen molar-refractivity contribution in [1.82, 2.24) is 4.90 Å². The molecule has 0 bridgehead atoms. The SMILES string of the molecule is CC1CCN(C(=O)CCc2ccccc2Cl)C1C(=O)O. The molecule has 4 nitrogen and oxygen atoms in total. The van der Waals surface area contributed by atoms with Crippen LogP contribution in [0.2, 0.25) is 5.02 Å². The van der Waals surface area contributed by atoms with Crippen molar-refractivity contribution in [3.8, 4) is 0 Å². The van der Waals surface area contributed by atoms with Gasteiger partial charge in [-0.2, -0.15) is 0 Å². The van der Waals surface area contributed by atoms with Gasteiger partial charge in [0, 0.05) is 18.0 Å². The monoisotopic (exact) mass is 295 g/mol. The van der Waals surface area contributed by atoms with Crippen LogP contribution < -0.4 is 0 Å². The molecule has 20 heavy (non-hydrogen) atoms. The van der Waals surface area contributed by atoms with E-state index in [0.29, 0.717) is 24.4 Å². The summed E-state index contributed by atoms with van der Waals surface area (Å²) in [6.45, 7) is 2.40. The molecule has 1 fully saturated rings. The summed E-state index contributed by atoms with van der Waals surface area (Å²) in [5.74, 6) is -1.01. The average Bonchev–Trinajstić information content (AvgIpc) is 2.79. The Morgan fingerprint density at radius 3 is 2.75 bits per heavy atom. The molecule has 0 spiro atoms. The molecule has 1 heterocycles. The Morgan fingerprint density at radius 1 is 1.40 bits per heavy atom. The van der Waals surface area contributed by atoms with Gasteiger partial charge in [0.15, 0.2) is 0 Å². The highest BCUT2D eigenvalue weighted by molar-refractivity contribution is 6.31. The molecule has 2 unspecified atom stereocenters. The Bertz CT molecular complexity index is 518. The number of carboxylic acid groups (broad SMARTS) is 1. The molecule has 108 valence electrons. The molecule has 0 radical (unpaired) electrons. The van der Waals surface area contributed by atoms with Gasteiger partial charge in [0.1, 0.15) is 6.04 Å². The van der Waals surface area contributed by atoms with E-state index < -0.39 is 12.0 Å². The van der Waals surface area contributed by atoms with Gasteiger partial charge < -0.3 is 10.0 Å². The molecular formula is C15H18ClNO3. The highest BCUT2D eigenvalue weighted by Gasteiger charge is 2.39. The summed E-state index contributed by atoms with van der Waals surface area (Å²) >= 11 is 6.05. The maximum Gasteiger partial charge on any atom is 0.326 e. The van der Waals surface area contributed by atoms with Crippen LogP contribution in [0.1, 0.15) is 25.3 Å². The topological polar surface area (TPSA) is 57.6 Å². The molecule has 1 N–H and O–H groups in total. The highest BCUT2D eigenvalue weighted by atomic mass is 35.5. The number of nitrogens with zero attached hydrogens (tertiary/aromatic N) is 1. The Kier molecular flexibility index (Phi) is 4.65. The van der Waals surface area contributed by atoms with E-state index in [4.69, 9.17) is 11.6 Å². The van der Waals surface area contributed by atoms with Crippen molar-refractivity contribution in [3.63, 3.8) is 0 Å². The number of aliphatic carboxylic acids is 1. The van der Waals surface area contributed by atoms with Crippen molar-refractivity contribution in [2.45, 2.75) is 32.2 Å². The second-order valence-corrected chi connectivity index (χ2v) is 5.63. The minimum atomic E-state index is -0.916. The van der Waals surface area contributed by atoms with Crippen LogP contribution in [0.3, 0.4) is 0 Å². The molecule has 1 aliphatic rings. The van der Waals surface area contributed by atoms with Gasteiger partial charge in [-0.25, -0.2) is 4.79 Å². The zero-order chi connectivity index (χ0) is 14.7. The van der Waals surface area contributed by atoms with Crippen molar-refractivity contribution >= 4 is 23.5 Å². The van der Waals surface area contributed by atoms with E-state index in [0.717, 1.165) is 12.0 Å². The summed E-state index contributed by atoms with van der Waals surface area (Å²) in [6.07, 6.45) is 1.57. The van der Waals surface area contributed by atoms with Crippen molar-refractivity contribution in [2.75, 3.05) is 6.54 Å². The number of rotatable bonds is 4. The Balaban J connectivity index is 1.99. The largest absolute Gasteiger partial charge is 0.480 e. The van der Waals surface area contributed by atoms with E-state index >= 15 is 0 Å². The number of benzene rings is 1. The first-order valence-corrected chi connectivity index (χ1v) is 7.14.